The van der Waals surface area contributed by atoms with Crippen molar-refractivity contribution in [1.82, 2.24) is 0 Å². The zero-order valence-electron chi connectivity index (χ0n) is 17.8. The number of ether oxygens (including phenoxy) is 3. The SMILES string of the molecule is COc1cc(C(=O)O[C@@H]2CC(C)=CCC[C@@]3(C)O[C@@H]3[C@H](O)[C@H]2C(C)C)ccc1O. The third-order valence-electron chi connectivity index (χ3n) is 6.17. The van der Waals surface area contributed by atoms with E-state index < -0.39 is 18.2 Å². The lowest BCUT2D eigenvalue weighted by Gasteiger charge is -2.34. The molecule has 0 amide bonds. The molecule has 1 aromatic carbocycles. The molecular formula is C23H32O6. The molecular weight excluding hydrogens is 372 g/mol. The van der Waals surface area contributed by atoms with E-state index in [1.165, 1.54) is 25.3 Å². The quantitative estimate of drug-likeness (QED) is 0.450. The van der Waals surface area contributed by atoms with Crippen molar-refractivity contribution in [2.75, 3.05) is 7.11 Å². The number of carbonyl (C=O) groups excluding carboxylic acids is 1. The highest BCUT2D eigenvalue weighted by Crippen LogP contribution is 2.47. The number of carbonyl (C=O) groups is 1. The summed E-state index contributed by atoms with van der Waals surface area (Å²) in [5.74, 6) is -0.495. The Morgan fingerprint density at radius 1 is 1.34 bits per heavy atom. The Labute approximate surface area is 172 Å². The molecule has 1 heterocycles. The molecule has 1 aromatic rings. The molecule has 5 atom stereocenters. The van der Waals surface area contributed by atoms with Gasteiger partial charge >= 0.3 is 5.97 Å². The summed E-state index contributed by atoms with van der Waals surface area (Å²) < 4.78 is 16.9. The van der Waals surface area contributed by atoms with Gasteiger partial charge in [-0.25, -0.2) is 4.79 Å². The van der Waals surface area contributed by atoms with Crippen LogP contribution in [-0.4, -0.2) is 47.2 Å². The lowest BCUT2D eigenvalue weighted by molar-refractivity contribution is -0.0419. The van der Waals surface area contributed by atoms with Gasteiger partial charge in [0.25, 0.3) is 0 Å². The second-order valence-electron chi connectivity index (χ2n) is 8.79. The zero-order chi connectivity index (χ0) is 21.3. The fourth-order valence-corrected chi connectivity index (χ4v) is 4.41. The van der Waals surface area contributed by atoms with Gasteiger partial charge in [0, 0.05) is 12.3 Å². The van der Waals surface area contributed by atoms with Crippen LogP contribution in [0.25, 0.3) is 0 Å². The number of aliphatic hydroxyl groups is 1. The second-order valence-corrected chi connectivity index (χ2v) is 8.79. The minimum absolute atomic E-state index is 0.0397. The minimum atomic E-state index is -0.710. The van der Waals surface area contributed by atoms with Crippen molar-refractivity contribution in [2.45, 2.75) is 70.9 Å². The van der Waals surface area contributed by atoms with Gasteiger partial charge in [0.1, 0.15) is 12.2 Å². The smallest absolute Gasteiger partial charge is 0.338 e. The number of benzene rings is 1. The van der Waals surface area contributed by atoms with E-state index in [0.717, 1.165) is 18.4 Å². The van der Waals surface area contributed by atoms with Crippen LogP contribution in [0.5, 0.6) is 11.5 Å². The third kappa shape index (κ3) is 4.59. The summed E-state index contributed by atoms with van der Waals surface area (Å²) in [7, 11) is 1.43. The van der Waals surface area contributed by atoms with Gasteiger partial charge in [-0.1, -0.05) is 25.5 Å². The molecule has 1 fully saturated rings. The maximum atomic E-state index is 12.9. The van der Waals surface area contributed by atoms with Crippen LogP contribution in [0.15, 0.2) is 29.8 Å². The summed E-state index contributed by atoms with van der Waals surface area (Å²) in [6, 6.07) is 4.37. The Morgan fingerprint density at radius 2 is 2.07 bits per heavy atom. The number of phenols is 1. The van der Waals surface area contributed by atoms with Crippen molar-refractivity contribution in [2.24, 2.45) is 11.8 Å². The number of phenolic OH excluding ortho intramolecular Hbond substituents is 1. The van der Waals surface area contributed by atoms with E-state index >= 15 is 0 Å². The lowest BCUT2D eigenvalue weighted by atomic mass is 9.78. The van der Waals surface area contributed by atoms with Gasteiger partial charge in [-0.3, -0.25) is 0 Å². The van der Waals surface area contributed by atoms with Crippen molar-refractivity contribution in [3.8, 4) is 11.5 Å². The minimum Gasteiger partial charge on any atom is -0.504 e. The average Bonchev–Trinajstić information content (AvgIpc) is 3.32. The van der Waals surface area contributed by atoms with Crippen molar-refractivity contribution in [3.05, 3.63) is 35.4 Å². The largest absolute Gasteiger partial charge is 0.504 e. The summed E-state index contributed by atoms with van der Waals surface area (Å²) in [5.41, 5.74) is 1.11. The fourth-order valence-electron chi connectivity index (χ4n) is 4.41. The lowest BCUT2D eigenvalue weighted by Crippen LogP contribution is -2.43. The number of epoxide rings is 1. The average molecular weight is 405 g/mol. The molecule has 0 bridgehead atoms. The highest BCUT2D eigenvalue weighted by atomic mass is 16.6. The zero-order valence-corrected chi connectivity index (χ0v) is 17.8. The molecule has 1 aliphatic heterocycles. The normalized spacial score (nSPS) is 32.2. The fraction of sp³-hybridized carbons (Fsp3) is 0.609. The van der Waals surface area contributed by atoms with E-state index in [2.05, 4.69) is 6.08 Å². The molecule has 0 saturated carbocycles. The predicted molar refractivity (Wildman–Crippen MR) is 109 cm³/mol. The maximum absolute atomic E-state index is 12.9. The van der Waals surface area contributed by atoms with Gasteiger partial charge < -0.3 is 24.4 Å². The molecule has 0 unspecified atom stereocenters. The summed E-state index contributed by atoms with van der Waals surface area (Å²) in [6.45, 7) is 8.13. The number of aliphatic hydroxyl groups excluding tert-OH is 1. The van der Waals surface area contributed by atoms with Gasteiger partial charge in [-0.15, -0.1) is 0 Å². The molecule has 0 radical (unpaired) electrons. The molecule has 3 rings (SSSR count). The van der Waals surface area contributed by atoms with Crippen molar-refractivity contribution >= 4 is 5.97 Å². The number of hydrogen-bond donors (Lipinski definition) is 2. The number of aromatic hydroxyl groups is 1. The number of methoxy groups -OCH3 is 1. The molecule has 29 heavy (non-hydrogen) atoms. The van der Waals surface area contributed by atoms with Crippen LogP contribution >= 0.6 is 0 Å². The molecule has 160 valence electrons. The Kier molecular flexibility index (Phi) is 6.24. The number of fused-ring (bicyclic) bond motifs is 1. The van der Waals surface area contributed by atoms with Gasteiger partial charge in [0.15, 0.2) is 11.5 Å². The van der Waals surface area contributed by atoms with Gasteiger partial charge in [0.2, 0.25) is 0 Å². The maximum Gasteiger partial charge on any atom is 0.338 e. The van der Waals surface area contributed by atoms with E-state index in [9.17, 15) is 15.0 Å². The van der Waals surface area contributed by atoms with Crippen LogP contribution in [0.2, 0.25) is 0 Å². The molecule has 6 nitrogen and oxygen atoms in total. The first-order chi connectivity index (χ1) is 13.7. The van der Waals surface area contributed by atoms with Crippen molar-refractivity contribution < 1.29 is 29.2 Å². The van der Waals surface area contributed by atoms with Crippen LogP contribution in [0.1, 0.15) is 57.3 Å². The molecule has 0 spiro atoms. The topological polar surface area (TPSA) is 88.5 Å². The first-order valence-corrected chi connectivity index (χ1v) is 10.3. The number of rotatable bonds is 4. The number of esters is 1. The summed E-state index contributed by atoms with van der Waals surface area (Å²) >= 11 is 0. The van der Waals surface area contributed by atoms with Gasteiger partial charge in [0.05, 0.1) is 24.4 Å². The van der Waals surface area contributed by atoms with Gasteiger partial charge in [-0.05, 0) is 50.8 Å². The van der Waals surface area contributed by atoms with Crippen LogP contribution in [0, 0.1) is 11.8 Å². The highest BCUT2D eigenvalue weighted by Gasteiger charge is 2.58. The molecule has 2 aliphatic rings. The predicted octanol–water partition coefficient (Wildman–Crippen LogP) is 3.85. The van der Waals surface area contributed by atoms with E-state index in [4.69, 9.17) is 14.2 Å². The number of hydrogen-bond acceptors (Lipinski definition) is 6. The first kappa shape index (κ1) is 21.7. The Bertz CT molecular complexity index is 786. The van der Waals surface area contributed by atoms with Crippen molar-refractivity contribution in [1.29, 1.82) is 0 Å². The summed E-state index contributed by atoms with van der Waals surface area (Å²) in [5, 5.41) is 20.9. The Balaban J connectivity index is 1.88. The first-order valence-electron chi connectivity index (χ1n) is 10.3. The molecule has 1 saturated heterocycles. The molecule has 0 aromatic heterocycles. The van der Waals surface area contributed by atoms with E-state index in [1.807, 2.05) is 27.7 Å². The number of allylic oxidation sites excluding steroid dienone is 1. The van der Waals surface area contributed by atoms with E-state index in [1.54, 1.807) is 0 Å². The van der Waals surface area contributed by atoms with Gasteiger partial charge in [-0.2, -0.15) is 0 Å². The Morgan fingerprint density at radius 3 is 2.72 bits per heavy atom. The monoisotopic (exact) mass is 404 g/mol. The van der Waals surface area contributed by atoms with Crippen molar-refractivity contribution in [3.63, 3.8) is 0 Å². The van der Waals surface area contributed by atoms with Crippen LogP contribution in [0.3, 0.4) is 0 Å². The van der Waals surface area contributed by atoms with Crippen LogP contribution in [-0.2, 0) is 9.47 Å². The molecule has 2 N–H and O–H groups in total. The standard InChI is InChI=1S/C23H32O6/c1-13(2)19-18(28-22(26)15-8-9-16(24)17(12-15)27-5)11-14(3)7-6-10-23(4)21(29-23)20(19)25/h7-9,12-13,18-21,24-25H,6,10-11H2,1-5H3/t18-,19+,20-,21-,23-/m1/s1. The second kappa shape index (κ2) is 8.36. The third-order valence-corrected chi connectivity index (χ3v) is 6.17. The molecule has 1 aliphatic carbocycles. The van der Waals surface area contributed by atoms with E-state index in [-0.39, 0.29) is 35.0 Å². The van der Waals surface area contributed by atoms with Crippen LogP contribution < -0.4 is 4.74 Å². The Hall–Kier alpha value is -2.05. The van der Waals surface area contributed by atoms with Crippen LogP contribution in [0.4, 0.5) is 0 Å². The highest BCUT2D eigenvalue weighted by molar-refractivity contribution is 5.90. The van der Waals surface area contributed by atoms with E-state index in [0.29, 0.717) is 12.0 Å². The molecule has 6 heteroatoms. The summed E-state index contributed by atoms with van der Waals surface area (Å²) in [4.78, 5) is 12.9. The summed E-state index contributed by atoms with van der Waals surface area (Å²) in [6.07, 6.45) is 3.03.